The van der Waals surface area contributed by atoms with Gasteiger partial charge in [0, 0.05) is 11.6 Å². The maximum atomic E-state index is 13.2. The maximum Gasteiger partial charge on any atom is 0.200 e. The van der Waals surface area contributed by atoms with E-state index in [-0.39, 0.29) is 5.43 Å². The van der Waals surface area contributed by atoms with Gasteiger partial charge < -0.3 is 13.9 Å². The largest absolute Gasteiger partial charge is 0.496 e. The summed E-state index contributed by atoms with van der Waals surface area (Å²) >= 11 is 0. The fourth-order valence-corrected chi connectivity index (χ4v) is 3.47. The molecule has 0 spiro atoms. The molecule has 4 heteroatoms. The van der Waals surface area contributed by atoms with Crippen molar-refractivity contribution in [2.75, 3.05) is 7.11 Å². The number of aryl methyl sites for hydroxylation is 2. The van der Waals surface area contributed by atoms with E-state index in [0.29, 0.717) is 40.4 Å². The smallest absolute Gasteiger partial charge is 0.200 e. The van der Waals surface area contributed by atoms with Gasteiger partial charge in [0.1, 0.15) is 29.4 Å². The second kappa shape index (κ2) is 7.84. The number of benzene rings is 3. The molecule has 146 valence electrons. The van der Waals surface area contributed by atoms with Crippen molar-refractivity contribution in [1.82, 2.24) is 0 Å². The Labute approximate surface area is 169 Å². The Morgan fingerprint density at radius 2 is 1.69 bits per heavy atom. The third-order valence-electron chi connectivity index (χ3n) is 5.07. The Hall–Kier alpha value is -3.53. The molecule has 4 nitrogen and oxygen atoms in total. The monoisotopic (exact) mass is 386 g/mol. The molecule has 0 aliphatic heterocycles. The molecule has 4 aromatic rings. The summed E-state index contributed by atoms with van der Waals surface area (Å²) in [6.45, 7) is 4.31. The van der Waals surface area contributed by atoms with Gasteiger partial charge in [-0.25, -0.2) is 0 Å². The average Bonchev–Trinajstić information content (AvgIpc) is 2.73. The minimum atomic E-state index is -0.0845. The number of methoxy groups -OCH3 is 1. The Morgan fingerprint density at radius 1 is 0.931 bits per heavy atom. The van der Waals surface area contributed by atoms with E-state index in [1.807, 2.05) is 42.5 Å². The molecule has 3 aromatic carbocycles. The van der Waals surface area contributed by atoms with Crippen LogP contribution in [0.2, 0.25) is 0 Å². The predicted octanol–water partition coefficient (Wildman–Crippen LogP) is 5.66. The third-order valence-corrected chi connectivity index (χ3v) is 5.07. The van der Waals surface area contributed by atoms with E-state index < -0.39 is 0 Å². The number of fused-ring (bicyclic) bond motifs is 1. The topological polar surface area (TPSA) is 48.7 Å². The van der Waals surface area contributed by atoms with Crippen LogP contribution in [0, 0.1) is 13.8 Å². The molecule has 0 N–H and O–H groups in total. The van der Waals surface area contributed by atoms with Crippen LogP contribution in [0.5, 0.6) is 11.5 Å². The minimum Gasteiger partial charge on any atom is -0.496 e. The van der Waals surface area contributed by atoms with Crippen molar-refractivity contribution in [3.05, 3.63) is 93.8 Å². The fraction of sp³-hybridized carbons (Fsp3) is 0.160. The number of hydrogen-bond acceptors (Lipinski definition) is 4. The van der Waals surface area contributed by atoms with Gasteiger partial charge in [0.05, 0.1) is 18.1 Å². The third kappa shape index (κ3) is 3.61. The first-order valence-electron chi connectivity index (χ1n) is 9.46. The molecule has 0 fully saturated rings. The standard InChI is InChI=1S/C25H22O4/c1-16-8-4-5-9-18(16)15-28-19-12-13-21-23(14-19)29-17(2)24(25(21)26)20-10-6-7-11-22(20)27-3/h4-14H,15H2,1-3H3. The van der Waals surface area contributed by atoms with Gasteiger partial charge in [0.15, 0.2) is 0 Å². The highest BCUT2D eigenvalue weighted by atomic mass is 16.5. The van der Waals surface area contributed by atoms with E-state index >= 15 is 0 Å². The van der Waals surface area contributed by atoms with E-state index in [1.165, 1.54) is 5.56 Å². The Balaban J connectivity index is 1.72. The lowest BCUT2D eigenvalue weighted by atomic mass is 10.0. The lowest BCUT2D eigenvalue weighted by Crippen LogP contribution is -2.08. The molecule has 29 heavy (non-hydrogen) atoms. The number of rotatable bonds is 5. The Morgan fingerprint density at radius 3 is 2.48 bits per heavy atom. The summed E-state index contributed by atoms with van der Waals surface area (Å²) in [5.74, 6) is 1.84. The molecule has 0 atom stereocenters. The van der Waals surface area contributed by atoms with Crippen LogP contribution in [0.4, 0.5) is 0 Å². The van der Waals surface area contributed by atoms with Gasteiger partial charge in [0.2, 0.25) is 5.43 Å². The van der Waals surface area contributed by atoms with Crippen LogP contribution < -0.4 is 14.9 Å². The molecule has 4 rings (SSSR count). The molecular weight excluding hydrogens is 364 g/mol. The van der Waals surface area contributed by atoms with Gasteiger partial charge in [0.25, 0.3) is 0 Å². The maximum absolute atomic E-state index is 13.2. The first kappa shape index (κ1) is 18.8. The van der Waals surface area contributed by atoms with Crippen molar-refractivity contribution in [2.45, 2.75) is 20.5 Å². The van der Waals surface area contributed by atoms with Crippen LogP contribution in [-0.2, 0) is 6.61 Å². The van der Waals surface area contributed by atoms with Crippen LogP contribution >= 0.6 is 0 Å². The first-order chi connectivity index (χ1) is 14.1. The predicted molar refractivity (Wildman–Crippen MR) is 115 cm³/mol. The van der Waals surface area contributed by atoms with Crippen molar-refractivity contribution in [3.8, 4) is 22.6 Å². The van der Waals surface area contributed by atoms with Crippen LogP contribution in [-0.4, -0.2) is 7.11 Å². The summed E-state index contributed by atoms with van der Waals surface area (Å²) in [5.41, 5.74) is 3.97. The summed E-state index contributed by atoms with van der Waals surface area (Å²) in [6, 6.07) is 20.9. The fourth-order valence-electron chi connectivity index (χ4n) is 3.47. The molecule has 0 radical (unpaired) electrons. The number of hydrogen-bond donors (Lipinski definition) is 0. The molecule has 0 bridgehead atoms. The SMILES string of the molecule is COc1ccccc1-c1c(C)oc2cc(OCc3ccccc3C)ccc2c1=O. The Bertz CT molecular complexity index is 1240. The van der Waals surface area contributed by atoms with Crippen molar-refractivity contribution < 1.29 is 13.9 Å². The summed E-state index contributed by atoms with van der Waals surface area (Å²) in [7, 11) is 1.59. The highest BCUT2D eigenvalue weighted by molar-refractivity contribution is 5.85. The highest BCUT2D eigenvalue weighted by Crippen LogP contribution is 2.32. The summed E-state index contributed by atoms with van der Waals surface area (Å²) < 4.78 is 17.4. The van der Waals surface area contributed by atoms with Crippen LogP contribution in [0.1, 0.15) is 16.9 Å². The molecule has 0 saturated carbocycles. The zero-order chi connectivity index (χ0) is 20.4. The molecule has 0 aliphatic rings. The van der Waals surface area contributed by atoms with E-state index in [2.05, 4.69) is 13.0 Å². The molecule has 0 aliphatic carbocycles. The Kier molecular flexibility index (Phi) is 5.09. The van der Waals surface area contributed by atoms with E-state index in [4.69, 9.17) is 13.9 Å². The molecular formula is C25H22O4. The highest BCUT2D eigenvalue weighted by Gasteiger charge is 2.17. The van der Waals surface area contributed by atoms with Crippen LogP contribution in [0.15, 0.2) is 75.9 Å². The second-order valence-electron chi connectivity index (χ2n) is 6.94. The quantitative estimate of drug-likeness (QED) is 0.444. The lowest BCUT2D eigenvalue weighted by molar-refractivity contribution is 0.305. The summed E-state index contributed by atoms with van der Waals surface area (Å²) in [4.78, 5) is 13.2. The van der Waals surface area contributed by atoms with Gasteiger partial charge in [-0.15, -0.1) is 0 Å². The van der Waals surface area contributed by atoms with Gasteiger partial charge in [-0.1, -0.05) is 42.5 Å². The van der Waals surface area contributed by atoms with E-state index in [9.17, 15) is 4.79 Å². The normalized spacial score (nSPS) is 10.9. The lowest BCUT2D eigenvalue weighted by Gasteiger charge is -2.12. The molecule has 1 heterocycles. The van der Waals surface area contributed by atoms with Crippen molar-refractivity contribution in [3.63, 3.8) is 0 Å². The second-order valence-corrected chi connectivity index (χ2v) is 6.94. The number of para-hydroxylation sites is 1. The zero-order valence-corrected chi connectivity index (χ0v) is 16.7. The molecule has 0 saturated heterocycles. The van der Waals surface area contributed by atoms with Gasteiger partial charge in [-0.05, 0) is 43.2 Å². The molecule has 0 unspecified atom stereocenters. The van der Waals surface area contributed by atoms with E-state index in [1.54, 1.807) is 32.2 Å². The van der Waals surface area contributed by atoms with Crippen LogP contribution in [0.25, 0.3) is 22.1 Å². The average molecular weight is 386 g/mol. The molecule has 1 aromatic heterocycles. The van der Waals surface area contributed by atoms with Crippen LogP contribution in [0.3, 0.4) is 0 Å². The van der Waals surface area contributed by atoms with Gasteiger partial charge in [-0.2, -0.15) is 0 Å². The molecule has 0 amide bonds. The van der Waals surface area contributed by atoms with E-state index in [0.717, 1.165) is 11.1 Å². The summed E-state index contributed by atoms with van der Waals surface area (Å²) in [5, 5.41) is 0.514. The van der Waals surface area contributed by atoms with Gasteiger partial charge in [-0.3, -0.25) is 4.79 Å². The zero-order valence-electron chi connectivity index (χ0n) is 16.7. The van der Waals surface area contributed by atoms with Crippen molar-refractivity contribution >= 4 is 11.0 Å². The van der Waals surface area contributed by atoms with Gasteiger partial charge >= 0.3 is 0 Å². The first-order valence-corrected chi connectivity index (χ1v) is 9.46. The summed E-state index contributed by atoms with van der Waals surface area (Å²) in [6.07, 6.45) is 0. The van der Waals surface area contributed by atoms with Crippen molar-refractivity contribution in [2.24, 2.45) is 0 Å². The number of ether oxygens (including phenoxy) is 2. The minimum absolute atomic E-state index is 0.0845. The van der Waals surface area contributed by atoms with Crippen molar-refractivity contribution in [1.29, 1.82) is 0 Å².